The van der Waals surface area contributed by atoms with Crippen molar-refractivity contribution in [1.82, 2.24) is 0 Å². The molecule has 0 unspecified atom stereocenters. The smallest absolute Gasteiger partial charge is 0.418 e. The Labute approximate surface area is 177 Å². The third-order valence-corrected chi connectivity index (χ3v) is 4.85. The van der Waals surface area contributed by atoms with Gasteiger partial charge in [0.2, 0.25) is 0 Å². The summed E-state index contributed by atoms with van der Waals surface area (Å²) in [4.78, 5) is 13.5. The van der Waals surface area contributed by atoms with Crippen molar-refractivity contribution in [3.63, 3.8) is 0 Å². The zero-order chi connectivity index (χ0) is 22.4. The van der Waals surface area contributed by atoms with Crippen LogP contribution in [0, 0.1) is 11.3 Å². The van der Waals surface area contributed by atoms with Gasteiger partial charge in [-0.15, -0.1) is 0 Å². The summed E-state index contributed by atoms with van der Waals surface area (Å²) in [6, 6.07) is 14.2. The lowest BCUT2D eigenvalue weighted by atomic mass is 10.1. The second kappa shape index (κ2) is 9.43. The Morgan fingerprint density at radius 3 is 2.55 bits per heavy atom. The average molecular weight is 430 g/mol. The van der Waals surface area contributed by atoms with Crippen LogP contribution in [0.25, 0.3) is 0 Å². The molecule has 3 rings (SSSR count). The van der Waals surface area contributed by atoms with E-state index in [4.69, 9.17) is 15.7 Å². The summed E-state index contributed by atoms with van der Waals surface area (Å²) in [5.74, 6) is 0. The highest BCUT2D eigenvalue weighted by atomic mass is 19.4. The van der Waals surface area contributed by atoms with Crippen LogP contribution in [-0.4, -0.2) is 12.6 Å². The van der Waals surface area contributed by atoms with Crippen LogP contribution in [0.1, 0.15) is 30.4 Å². The molecule has 0 atom stereocenters. The highest BCUT2D eigenvalue weighted by Gasteiger charge is 2.35. The van der Waals surface area contributed by atoms with Gasteiger partial charge in [0.25, 0.3) is 0 Å². The minimum atomic E-state index is -4.73. The Morgan fingerprint density at radius 2 is 1.94 bits per heavy atom. The van der Waals surface area contributed by atoms with Crippen molar-refractivity contribution in [3.8, 4) is 6.07 Å². The summed E-state index contributed by atoms with van der Waals surface area (Å²) in [7, 11) is 0. The van der Waals surface area contributed by atoms with Gasteiger partial charge in [-0.1, -0.05) is 30.3 Å². The molecule has 1 aliphatic carbocycles. The molecule has 3 N–H and O–H groups in total. The summed E-state index contributed by atoms with van der Waals surface area (Å²) in [6.45, 7) is -0.214. The van der Waals surface area contributed by atoms with Gasteiger partial charge >= 0.3 is 12.3 Å². The first-order valence-electron chi connectivity index (χ1n) is 9.60. The van der Waals surface area contributed by atoms with Crippen molar-refractivity contribution >= 4 is 17.5 Å². The Balaban J connectivity index is 1.84. The van der Waals surface area contributed by atoms with E-state index in [9.17, 15) is 18.0 Å². The highest BCUT2D eigenvalue weighted by molar-refractivity contribution is 5.86. The number of anilines is 2. The maximum absolute atomic E-state index is 13.7. The van der Waals surface area contributed by atoms with Crippen molar-refractivity contribution in [2.24, 2.45) is 5.73 Å². The van der Waals surface area contributed by atoms with Crippen LogP contribution in [0.3, 0.4) is 0 Å². The molecule has 0 bridgehead atoms. The maximum atomic E-state index is 13.7. The first-order valence-corrected chi connectivity index (χ1v) is 9.60. The van der Waals surface area contributed by atoms with Gasteiger partial charge in [-0.2, -0.15) is 18.4 Å². The predicted octanol–water partition coefficient (Wildman–Crippen LogP) is 5.14. The van der Waals surface area contributed by atoms with Gasteiger partial charge in [-0.3, -0.25) is 5.32 Å². The van der Waals surface area contributed by atoms with E-state index in [0.29, 0.717) is 29.8 Å². The molecule has 0 spiro atoms. The number of hydrogen-bond acceptors (Lipinski definition) is 5. The van der Waals surface area contributed by atoms with Crippen LogP contribution < -0.4 is 16.0 Å². The average Bonchev–Trinajstić information content (AvgIpc) is 3.16. The molecular weight excluding hydrogens is 409 g/mol. The number of nitriles is 1. The molecule has 2 aromatic carbocycles. The number of amides is 1. The van der Waals surface area contributed by atoms with Crippen LogP contribution >= 0.6 is 0 Å². The van der Waals surface area contributed by atoms with Crippen LogP contribution in [0.5, 0.6) is 0 Å². The molecule has 1 aliphatic rings. The van der Waals surface area contributed by atoms with Crippen molar-refractivity contribution < 1.29 is 22.7 Å². The number of halogens is 3. The second-order valence-electron chi connectivity index (χ2n) is 6.98. The standard InChI is InChI=1S/C22H21F3N4O2/c23-22(24,25)17-13-16(29(12-11-26)20-8-4-7-18(20)27)9-10-19(17)28-21(30)31-14-15-5-2-1-3-6-15/h1-3,5-6,9-10,13H,4,7-8,12,14,27H2,(H,28,30). The zero-order valence-corrected chi connectivity index (χ0v) is 16.6. The zero-order valence-electron chi connectivity index (χ0n) is 16.6. The van der Waals surface area contributed by atoms with Crippen LogP contribution in [-0.2, 0) is 17.5 Å². The lowest BCUT2D eigenvalue weighted by Gasteiger charge is -2.25. The van der Waals surface area contributed by atoms with E-state index in [0.717, 1.165) is 18.6 Å². The summed E-state index contributed by atoms with van der Waals surface area (Å²) < 4.78 is 46.2. The highest BCUT2D eigenvalue weighted by Crippen LogP contribution is 2.39. The van der Waals surface area contributed by atoms with E-state index in [1.54, 1.807) is 30.3 Å². The van der Waals surface area contributed by atoms with Crippen LogP contribution in [0.15, 0.2) is 59.9 Å². The topological polar surface area (TPSA) is 91.4 Å². The molecule has 0 saturated heterocycles. The maximum Gasteiger partial charge on any atom is 0.418 e. The predicted molar refractivity (Wildman–Crippen MR) is 110 cm³/mol. The fourth-order valence-electron chi connectivity index (χ4n) is 3.39. The van der Waals surface area contributed by atoms with Crippen LogP contribution in [0.2, 0.25) is 0 Å². The number of hydrogen-bond donors (Lipinski definition) is 2. The van der Waals surface area contributed by atoms with Gasteiger partial charge in [-0.05, 0) is 43.0 Å². The van der Waals surface area contributed by atoms with Crippen molar-refractivity contribution in [3.05, 3.63) is 71.1 Å². The van der Waals surface area contributed by atoms with E-state index in [-0.39, 0.29) is 18.8 Å². The third-order valence-electron chi connectivity index (χ3n) is 4.85. The number of ether oxygens (including phenoxy) is 1. The molecule has 31 heavy (non-hydrogen) atoms. The summed E-state index contributed by atoms with van der Waals surface area (Å²) in [5, 5.41) is 11.3. The molecule has 0 heterocycles. The summed E-state index contributed by atoms with van der Waals surface area (Å²) in [6.07, 6.45) is -3.73. The Kier molecular flexibility index (Phi) is 6.70. The molecule has 162 valence electrons. The number of nitrogens with two attached hydrogens (primary N) is 1. The molecule has 0 aliphatic heterocycles. The van der Waals surface area contributed by atoms with E-state index < -0.39 is 23.5 Å². The number of benzene rings is 2. The van der Waals surface area contributed by atoms with Crippen LogP contribution in [0.4, 0.5) is 29.3 Å². The van der Waals surface area contributed by atoms with E-state index in [1.165, 1.54) is 11.0 Å². The third kappa shape index (κ3) is 5.48. The van der Waals surface area contributed by atoms with Crippen molar-refractivity contribution in [2.75, 3.05) is 16.8 Å². The van der Waals surface area contributed by atoms with Crippen molar-refractivity contribution in [1.29, 1.82) is 5.26 Å². The lowest BCUT2D eigenvalue weighted by Crippen LogP contribution is -2.25. The fourth-order valence-corrected chi connectivity index (χ4v) is 3.39. The van der Waals surface area contributed by atoms with Gasteiger partial charge in [-0.25, -0.2) is 4.79 Å². The lowest BCUT2D eigenvalue weighted by molar-refractivity contribution is -0.136. The van der Waals surface area contributed by atoms with Gasteiger partial charge in [0.15, 0.2) is 0 Å². The number of allylic oxidation sites excluding steroid dienone is 2. The second-order valence-corrected chi connectivity index (χ2v) is 6.98. The Morgan fingerprint density at radius 1 is 1.19 bits per heavy atom. The molecule has 9 heteroatoms. The largest absolute Gasteiger partial charge is 0.444 e. The van der Waals surface area contributed by atoms with Gasteiger partial charge < -0.3 is 15.4 Å². The monoisotopic (exact) mass is 430 g/mol. The fraction of sp³-hybridized carbons (Fsp3) is 0.273. The Hall–Kier alpha value is -3.67. The molecular formula is C22H21F3N4O2. The quantitative estimate of drug-likeness (QED) is 0.620. The van der Waals surface area contributed by atoms with E-state index in [1.807, 2.05) is 6.07 Å². The van der Waals surface area contributed by atoms with Crippen molar-refractivity contribution in [2.45, 2.75) is 32.0 Å². The summed E-state index contributed by atoms with van der Waals surface area (Å²) >= 11 is 0. The van der Waals surface area contributed by atoms with Gasteiger partial charge in [0.1, 0.15) is 13.2 Å². The number of nitrogens with one attached hydrogen (secondary N) is 1. The van der Waals surface area contributed by atoms with Gasteiger partial charge in [0, 0.05) is 17.1 Å². The Bertz CT molecular complexity index is 1010. The number of alkyl halides is 3. The SMILES string of the molecule is N#CCN(C1=C(N)CCC1)c1ccc(NC(=O)OCc2ccccc2)c(C(F)(F)F)c1. The first-order chi connectivity index (χ1) is 14.8. The molecule has 2 aromatic rings. The molecule has 0 saturated carbocycles. The normalized spacial score (nSPS) is 13.6. The molecule has 1 amide bonds. The minimum Gasteiger partial charge on any atom is -0.444 e. The van der Waals surface area contributed by atoms with E-state index >= 15 is 0 Å². The molecule has 0 fully saturated rings. The summed E-state index contributed by atoms with van der Waals surface area (Å²) in [5.41, 5.74) is 6.61. The van der Waals surface area contributed by atoms with Gasteiger partial charge in [0.05, 0.1) is 17.3 Å². The number of carbonyl (C=O) groups is 1. The molecule has 0 radical (unpaired) electrons. The number of carbonyl (C=O) groups excluding carboxylic acids is 1. The first kappa shape index (κ1) is 22.0. The minimum absolute atomic E-state index is 0.0739. The molecule has 0 aromatic heterocycles. The molecule has 6 nitrogen and oxygen atoms in total. The number of nitrogens with zero attached hydrogens (tertiary/aromatic N) is 2. The number of rotatable bonds is 6. The van der Waals surface area contributed by atoms with E-state index in [2.05, 4.69) is 5.32 Å².